The van der Waals surface area contributed by atoms with Gasteiger partial charge >= 0.3 is 0 Å². The fraction of sp³-hybridized carbons (Fsp3) is 1.00. The predicted octanol–water partition coefficient (Wildman–Crippen LogP) is 8.31. The lowest BCUT2D eigenvalue weighted by Crippen LogP contribution is -2.60. The molecule has 2 aliphatic heterocycles. The molecule has 5 heteroatoms. The largest absolute Gasteiger partial charge is 0.408 e. The summed E-state index contributed by atoms with van der Waals surface area (Å²) in [6, 6.07) is 0. The molecule has 2 heterocycles. The van der Waals surface area contributed by atoms with Crippen molar-refractivity contribution in [3.63, 3.8) is 0 Å². The Bertz CT molecular complexity index is 529. The summed E-state index contributed by atoms with van der Waals surface area (Å²) in [5.74, 6) is 0.612. The first-order chi connectivity index (χ1) is 14.3. The van der Waals surface area contributed by atoms with E-state index in [0.717, 1.165) is 6.42 Å². The molecule has 0 saturated carbocycles. The second-order valence-electron chi connectivity index (χ2n) is 12.3. The highest BCUT2D eigenvalue weighted by Crippen LogP contribution is 2.52. The van der Waals surface area contributed by atoms with Crippen LogP contribution in [0.15, 0.2) is 0 Å². The van der Waals surface area contributed by atoms with E-state index in [4.69, 9.17) is 13.6 Å². The van der Waals surface area contributed by atoms with Crippen molar-refractivity contribution < 1.29 is 13.6 Å². The van der Waals surface area contributed by atoms with E-state index in [0.29, 0.717) is 39.2 Å². The molecule has 0 aromatic rings. The third-order valence-electron chi connectivity index (χ3n) is 8.96. The molecule has 0 radical (unpaired) electrons. The molecule has 0 aromatic carbocycles. The van der Waals surface area contributed by atoms with E-state index in [-0.39, 0.29) is 24.4 Å². The molecule has 2 fully saturated rings. The molecule has 184 valence electrons. The van der Waals surface area contributed by atoms with Crippen molar-refractivity contribution in [3.05, 3.63) is 0 Å². The molecule has 0 aromatic heterocycles. The number of hydrogen-bond donors (Lipinski definition) is 0. The van der Waals surface area contributed by atoms with E-state index in [1.165, 1.54) is 6.42 Å². The van der Waals surface area contributed by atoms with Gasteiger partial charge in [0.05, 0.1) is 24.4 Å². The van der Waals surface area contributed by atoms with E-state index < -0.39 is 16.6 Å². The Morgan fingerprint density at radius 3 is 1.32 bits per heavy atom. The molecule has 2 saturated heterocycles. The lowest BCUT2D eigenvalue weighted by molar-refractivity contribution is 0.00549. The van der Waals surface area contributed by atoms with Crippen molar-refractivity contribution in [2.75, 3.05) is 0 Å². The molecule has 2 rings (SSSR count). The van der Waals surface area contributed by atoms with Gasteiger partial charge in [-0.1, -0.05) is 96.4 Å². The fourth-order valence-corrected chi connectivity index (χ4v) is 18.9. The zero-order valence-corrected chi connectivity index (χ0v) is 25.0. The predicted molar refractivity (Wildman–Crippen MR) is 139 cm³/mol. The molecular formula is C26H54O3Si2. The monoisotopic (exact) mass is 470 g/mol. The summed E-state index contributed by atoms with van der Waals surface area (Å²) in [7, 11) is -4.02. The first-order valence-corrected chi connectivity index (χ1v) is 17.6. The number of fused-ring (bicyclic) bond motifs is 2. The van der Waals surface area contributed by atoms with Crippen LogP contribution in [0.5, 0.6) is 0 Å². The Morgan fingerprint density at radius 1 is 0.645 bits per heavy atom. The molecule has 2 aliphatic rings. The van der Waals surface area contributed by atoms with Crippen LogP contribution in [0.1, 0.15) is 103 Å². The van der Waals surface area contributed by atoms with Crippen LogP contribution in [0.25, 0.3) is 0 Å². The zero-order chi connectivity index (χ0) is 23.9. The van der Waals surface area contributed by atoms with Crippen LogP contribution >= 0.6 is 0 Å². The van der Waals surface area contributed by atoms with Gasteiger partial charge in [-0.2, -0.15) is 0 Å². The molecule has 0 aliphatic carbocycles. The average Bonchev–Trinajstić information content (AvgIpc) is 3.20. The standard InChI is InChI=1S/C26H54O3Si2/c1-14-22-15-23-25(28-30(16(2)3,17(4)5)18(6)7)26(24(22)27-23)29-31(19(8)9,20(10)11)21(12)13/h16-26H,14-15H2,1-13H3/t22-,23+,24-,25+,26-/m0/s1. The van der Waals surface area contributed by atoms with Gasteiger partial charge in [0, 0.05) is 0 Å². The Balaban J connectivity index is 2.49. The summed E-state index contributed by atoms with van der Waals surface area (Å²) < 4.78 is 21.5. The number of hydrogen-bond acceptors (Lipinski definition) is 3. The summed E-state index contributed by atoms with van der Waals surface area (Å²) in [4.78, 5) is 0. The number of rotatable bonds is 11. The van der Waals surface area contributed by atoms with E-state index in [9.17, 15) is 0 Å². The molecule has 0 N–H and O–H groups in total. The minimum Gasteiger partial charge on any atom is -0.408 e. The third-order valence-corrected chi connectivity index (χ3v) is 21.2. The Hall–Kier alpha value is 0.314. The maximum absolute atomic E-state index is 7.46. The minimum atomic E-state index is -2.02. The van der Waals surface area contributed by atoms with Gasteiger partial charge in [0.1, 0.15) is 0 Å². The highest BCUT2D eigenvalue weighted by Gasteiger charge is 2.61. The first-order valence-electron chi connectivity index (χ1n) is 13.3. The summed E-state index contributed by atoms with van der Waals surface area (Å²) in [6.45, 7) is 31.0. The Morgan fingerprint density at radius 2 is 1.00 bits per heavy atom. The van der Waals surface area contributed by atoms with E-state index in [1.54, 1.807) is 0 Å². The van der Waals surface area contributed by atoms with Gasteiger partial charge in [0.15, 0.2) is 0 Å². The molecule has 2 bridgehead atoms. The van der Waals surface area contributed by atoms with Gasteiger partial charge < -0.3 is 13.6 Å². The van der Waals surface area contributed by atoms with Crippen molar-refractivity contribution >= 4 is 16.6 Å². The van der Waals surface area contributed by atoms with Crippen LogP contribution < -0.4 is 0 Å². The molecule has 0 amide bonds. The van der Waals surface area contributed by atoms with Crippen LogP contribution in [0, 0.1) is 5.92 Å². The Kier molecular flexibility index (Phi) is 9.15. The fourth-order valence-electron chi connectivity index (χ4n) is 7.72. The van der Waals surface area contributed by atoms with Crippen molar-refractivity contribution in [1.82, 2.24) is 0 Å². The smallest absolute Gasteiger partial charge is 0.201 e. The lowest BCUT2D eigenvalue weighted by atomic mass is 9.84. The van der Waals surface area contributed by atoms with Crippen LogP contribution in [-0.2, 0) is 13.6 Å². The van der Waals surface area contributed by atoms with Crippen molar-refractivity contribution in [1.29, 1.82) is 0 Å². The topological polar surface area (TPSA) is 27.7 Å². The van der Waals surface area contributed by atoms with Gasteiger partial charge in [0.2, 0.25) is 16.6 Å². The van der Waals surface area contributed by atoms with Crippen LogP contribution in [-0.4, -0.2) is 41.1 Å². The maximum atomic E-state index is 7.46. The third kappa shape index (κ3) is 4.65. The highest BCUT2D eigenvalue weighted by molar-refractivity contribution is 6.78. The van der Waals surface area contributed by atoms with Gasteiger partial charge in [-0.15, -0.1) is 0 Å². The molecular weight excluding hydrogens is 416 g/mol. The van der Waals surface area contributed by atoms with Crippen LogP contribution in [0.4, 0.5) is 0 Å². The Labute approximate surface area is 196 Å². The molecule has 0 spiro atoms. The second-order valence-corrected chi connectivity index (χ2v) is 23.2. The summed E-state index contributed by atoms with van der Waals surface area (Å²) in [6.07, 6.45) is 2.95. The molecule has 3 nitrogen and oxygen atoms in total. The van der Waals surface area contributed by atoms with Crippen molar-refractivity contribution in [2.45, 2.75) is 161 Å². The minimum absolute atomic E-state index is 0.102. The van der Waals surface area contributed by atoms with E-state index in [1.807, 2.05) is 0 Å². The normalized spacial score (nSPS) is 29.7. The highest BCUT2D eigenvalue weighted by atomic mass is 28.4. The van der Waals surface area contributed by atoms with Gasteiger partial charge in [-0.25, -0.2) is 0 Å². The van der Waals surface area contributed by atoms with Gasteiger partial charge in [0.25, 0.3) is 0 Å². The van der Waals surface area contributed by atoms with E-state index in [2.05, 4.69) is 90.0 Å². The average molecular weight is 471 g/mol. The summed E-state index contributed by atoms with van der Waals surface area (Å²) in [5, 5.41) is 0. The first kappa shape index (κ1) is 27.6. The molecule has 31 heavy (non-hydrogen) atoms. The zero-order valence-electron chi connectivity index (χ0n) is 23.0. The summed E-state index contributed by atoms with van der Waals surface area (Å²) in [5.41, 5.74) is 3.48. The SMILES string of the molecule is CC[C@H]1C[C@H]2O[C@@H]1[C@H](O[Si](C(C)C)(C(C)C)C(C)C)[C@@H]2O[Si](C(C)C)(C(C)C)C(C)C. The van der Waals surface area contributed by atoms with Crippen LogP contribution in [0.3, 0.4) is 0 Å². The maximum Gasteiger partial charge on any atom is 0.201 e. The second kappa shape index (κ2) is 10.3. The van der Waals surface area contributed by atoms with Crippen molar-refractivity contribution in [3.8, 4) is 0 Å². The van der Waals surface area contributed by atoms with Crippen LogP contribution in [0.2, 0.25) is 33.2 Å². The molecule has 5 atom stereocenters. The van der Waals surface area contributed by atoms with Crippen molar-refractivity contribution in [2.24, 2.45) is 5.92 Å². The van der Waals surface area contributed by atoms with E-state index >= 15 is 0 Å². The van der Waals surface area contributed by atoms with Gasteiger partial charge in [-0.05, 0) is 45.6 Å². The number of ether oxygens (including phenoxy) is 1. The molecule has 0 unspecified atom stereocenters. The lowest BCUT2D eigenvalue weighted by Gasteiger charge is -2.50. The quantitative estimate of drug-likeness (QED) is 0.284. The van der Waals surface area contributed by atoms with Gasteiger partial charge in [-0.3, -0.25) is 0 Å². The summed E-state index contributed by atoms with van der Waals surface area (Å²) >= 11 is 0.